The van der Waals surface area contributed by atoms with Gasteiger partial charge >= 0.3 is 0 Å². The van der Waals surface area contributed by atoms with Crippen LogP contribution in [-0.4, -0.2) is 75.7 Å². The van der Waals surface area contributed by atoms with Gasteiger partial charge in [0.25, 0.3) is 0 Å². The maximum absolute atomic E-state index is 5.33. The van der Waals surface area contributed by atoms with Crippen molar-refractivity contribution in [3.8, 4) is 40.2 Å². The van der Waals surface area contributed by atoms with Crippen molar-refractivity contribution in [1.82, 2.24) is 13.7 Å². The second-order valence-corrected chi connectivity index (χ2v) is 43.0. The van der Waals surface area contributed by atoms with E-state index in [1.54, 1.807) is 49.8 Å². The predicted octanol–water partition coefficient (Wildman–Crippen LogP) is 33.4. The van der Waals surface area contributed by atoms with Crippen LogP contribution in [0.4, 0.5) is 0 Å². The van der Waals surface area contributed by atoms with E-state index in [2.05, 4.69) is 425 Å². The number of hydrogen-bond acceptors (Lipinski definition) is 8. The van der Waals surface area contributed by atoms with Gasteiger partial charge in [0, 0.05) is 71.4 Å². The molecule has 0 aliphatic heterocycles. The van der Waals surface area contributed by atoms with Crippen LogP contribution >= 0.6 is 0 Å². The van der Waals surface area contributed by atoms with Gasteiger partial charge in [0.05, 0.1) is 55.4 Å². The molecule has 11 heteroatoms. The van der Waals surface area contributed by atoms with Gasteiger partial charge in [0.15, 0.2) is 0 Å². The number of hydrogen-bond donors (Lipinski definition) is 0. The molecule has 714 valence electrons. The molecule has 11 nitrogen and oxygen atoms in total. The topological polar surface area (TPSA) is 88.6 Å². The standard InChI is InChI=1S/2C12H15N.2C12H18O2.3C11H16O.C11H16.C10H14.C8H13N.C6H14O.2CH4/c1-12(2,3)13-8-10-6-4-5-7-11(10)9-13;1-12(2,3)13-9-8-10-6-4-5-7-11(10)13;1-12(2,3)10-7-6-9(13-4)8-11(10)14-5;1-12(2,3)11-9(13-4)7-6-8-10(11)14-5;1-11(2,3)9-5-7-10(12-4)8-6-9;1-11(2,3)9-6-5-7-10(8-9)12-4;1-11(2,3)9-7-5-6-8-10(9)12-4;1-11(2,3)9-10-7-5-4-6-8-10;1-10(2,3)9-7-5-4-6-8-9;1-8(2,3)9-6-4-5-7-9;1-5-7-6(2,3)4;;/h2*4-9H,1-3H3;2*6-8H,1-5H3;3*5-8H,1-4H3;4-8H,9H2,1-3H3;4-8H,1-3H3;4-7H,1-3H3;5H2,1-4H3;2*1H4. The van der Waals surface area contributed by atoms with Crippen molar-refractivity contribution in [2.24, 2.45) is 5.41 Å². The first-order valence-electron chi connectivity index (χ1n) is 45.0. The predicted molar refractivity (Wildman–Crippen MR) is 564 cm³/mol. The fourth-order valence-corrected chi connectivity index (χ4v) is 13.0. The first-order valence-corrected chi connectivity index (χ1v) is 45.0. The maximum Gasteiger partial charge on any atom is 0.126 e. The van der Waals surface area contributed by atoms with Gasteiger partial charge in [-0.2, -0.15) is 0 Å². The Kier molecular flexibility index (Phi) is 49.7. The van der Waals surface area contributed by atoms with Crippen LogP contribution in [-0.2, 0) is 60.3 Å². The minimum Gasteiger partial charge on any atom is -0.497 e. The largest absolute Gasteiger partial charge is 0.497 e. The van der Waals surface area contributed by atoms with Crippen molar-refractivity contribution in [3.05, 3.63) is 307 Å². The third kappa shape index (κ3) is 45.3. The fraction of sp³-hybridized carbons (Fsp3) is 0.475. The van der Waals surface area contributed by atoms with Gasteiger partial charge in [-0.15, -0.1) is 0 Å². The molecule has 3 aromatic heterocycles. The van der Waals surface area contributed by atoms with Crippen molar-refractivity contribution in [2.75, 3.05) is 56.4 Å². The van der Waals surface area contributed by atoms with Crippen LogP contribution in [0.1, 0.15) is 289 Å². The molecule has 3 heterocycles. The quantitative estimate of drug-likeness (QED) is 0.141. The molecule has 129 heavy (non-hydrogen) atoms. The molecule has 0 spiro atoms. The molecular weight excluding hydrogens is 1590 g/mol. The van der Waals surface area contributed by atoms with E-state index in [1.807, 2.05) is 91.9 Å². The van der Waals surface area contributed by atoms with E-state index in [0.29, 0.717) is 10.8 Å². The number of nitrogens with zero attached hydrogens (tertiary/aromatic N) is 3. The molecule has 0 amide bonds. The summed E-state index contributed by atoms with van der Waals surface area (Å²) >= 11 is 0. The molecule has 0 aliphatic rings. The van der Waals surface area contributed by atoms with Crippen LogP contribution in [0.3, 0.4) is 0 Å². The molecule has 0 aliphatic carbocycles. The first kappa shape index (κ1) is 119. The minimum atomic E-state index is 0. The Morgan fingerprint density at radius 2 is 0.636 bits per heavy atom. The smallest absolute Gasteiger partial charge is 0.126 e. The second kappa shape index (κ2) is 53.9. The van der Waals surface area contributed by atoms with Gasteiger partial charge in [-0.05, 0) is 257 Å². The maximum atomic E-state index is 5.33. The van der Waals surface area contributed by atoms with Crippen molar-refractivity contribution < 1.29 is 37.9 Å². The van der Waals surface area contributed by atoms with Gasteiger partial charge in [-0.3, -0.25) is 0 Å². The molecule has 0 N–H and O–H groups in total. The Labute approximate surface area is 788 Å². The highest BCUT2D eigenvalue weighted by Gasteiger charge is 2.25. The summed E-state index contributed by atoms with van der Waals surface area (Å²) in [5.74, 6) is 6.32. The summed E-state index contributed by atoms with van der Waals surface area (Å²) in [5.41, 5.74) is 12.4. The lowest BCUT2D eigenvalue weighted by atomic mass is 9.85. The Morgan fingerprint density at radius 3 is 1.00 bits per heavy atom. The Morgan fingerprint density at radius 1 is 0.264 bits per heavy atom. The van der Waals surface area contributed by atoms with Crippen LogP contribution in [0, 0.1) is 5.41 Å². The van der Waals surface area contributed by atoms with E-state index < -0.39 is 0 Å². The molecule has 12 aromatic rings. The normalized spacial score (nSPS) is 11.4. The Balaban J connectivity index is 0.00000140. The van der Waals surface area contributed by atoms with Crippen LogP contribution in [0.15, 0.2) is 268 Å². The molecule has 0 radical (unpaired) electrons. The summed E-state index contributed by atoms with van der Waals surface area (Å²) in [7, 11) is 11.8. The average molecular weight is 1770 g/mol. The van der Waals surface area contributed by atoms with Gasteiger partial charge in [-0.25, -0.2) is 0 Å². The molecule has 0 fully saturated rings. The molecule has 0 saturated heterocycles. The van der Waals surface area contributed by atoms with E-state index in [-0.39, 0.29) is 64.1 Å². The number of aromatic nitrogens is 3. The summed E-state index contributed by atoms with van der Waals surface area (Å²) in [6, 6.07) is 80.8. The van der Waals surface area contributed by atoms with Crippen LogP contribution in [0.5, 0.6) is 40.2 Å². The molecule has 12 rings (SSSR count). The number of methoxy groups -OCH3 is 7. The average Bonchev–Trinajstić information content (AvgIpc) is 1.41. The summed E-state index contributed by atoms with van der Waals surface area (Å²) < 4.78 is 48.6. The summed E-state index contributed by atoms with van der Waals surface area (Å²) in [4.78, 5) is 0. The minimum absolute atomic E-state index is 0. The Hall–Kier alpha value is -10.1. The van der Waals surface area contributed by atoms with Crippen LogP contribution in [0.25, 0.3) is 21.7 Å². The lowest BCUT2D eigenvalue weighted by Gasteiger charge is -2.24. The third-order valence-electron chi connectivity index (χ3n) is 20.0. The van der Waals surface area contributed by atoms with E-state index in [1.165, 1.54) is 55.1 Å². The summed E-state index contributed by atoms with van der Waals surface area (Å²) in [6.07, 6.45) is 11.9. The molecular formula is C118H179N3O8. The number of fused-ring (bicyclic) bond motifs is 2. The number of benzene rings is 9. The highest BCUT2D eigenvalue weighted by molar-refractivity contribution is 5.82. The summed E-state index contributed by atoms with van der Waals surface area (Å²) in [6.45, 7) is 75.0. The zero-order chi connectivity index (χ0) is 96.8. The fourth-order valence-electron chi connectivity index (χ4n) is 13.0. The van der Waals surface area contributed by atoms with Crippen molar-refractivity contribution in [3.63, 3.8) is 0 Å². The number of ether oxygens (including phenoxy) is 8. The van der Waals surface area contributed by atoms with Gasteiger partial charge in [0.2, 0.25) is 0 Å². The monoisotopic (exact) mass is 1770 g/mol. The Bertz CT molecular complexity index is 4900. The van der Waals surface area contributed by atoms with Gasteiger partial charge in [-0.1, -0.05) is 318 Å². The zero-order valence-electron chi connectivity index (χ0n) is 86.9. The molecule has 0 atom stereocenters. The lowest BCUT2D eigenvalue weighted by molar-refractivity contribution is 0.00530. The highest BCUT2D eigenvalue weighted by Crippen LogP contribution is 2.39. The SMILES string of the molecule is C.C.CC(C)(C)Cc1ccccc1.CC(C)(C)c1ccccc1.CC(C)(C)n1cc2ccccc2c1.CC(C)(C)n1ccc2ccccc21.CC(C)(C)n1cccc1.CCOC(C)(C)C.COc1ccc(C(C)(C)C)c(OC)c1.COc1ccc(C(C)(C)C)cc1.COc1cccc(C(C)(C)C)c1.COc1cccc(OC)c1C(C)(C)C.COc1ccccc1C(C)(C)C. The number of rotatable bonds is 9. The van der Waals surface area contributed by atoms with Crippen LogP contribution in [0.2, 0.25) is 0 Å². The van der Waals surface area contributed by atoms with E-state index in [0.717, 1.165) is 58.8 Å². The highest BCUT2D eigenvalue weighted by atomic mass is 16.5. The van der Waals surface area contributed by atoms with Gasteiger partial charge in [0.1, 0.15) is 40.2 Å². The second-order valence-electron chi connectivity index (χ2n) is 43.0. The molecule has 9 aromatic carbocycles. The molecule has 0 saturated carbocycles. The summed E-state index contributed by atoms with van der Waals surface area (Å²) in [5, 5.41) is 3.95. The van der Waals surface area contributed by atoms with E-state index in [9.17, 15) is 0 Å². The van der Waals surface area contributed by atoms with Crippen LogP contribution < -0.4 is 33.2 Å². The third-order valence-corrected chi connectivity index (χ3v) is 20.0. The first-order chi connectivity index (χ1) is 58.6. The zero-order valence-corrected chi connectivity index (χ0v) is 86.9. The van der Waals surface area contributed by atoms with Crippen molar-refractivity contribution >= 4 is 21.7 Å². The van der Waals surface area contributed by atoms with Crippen molar-refractivity contribution in [1.29, 1.82) is 0 Å². The lowest BCUT2D eigenvalue weighted by Crippen LogP contribution is -2.20. The molecule has 0 unspecified atom stereocenters. The molecule has 0 bridgehead atoms. The van der Waals surface area contributed by atoms with E-state index >= 15 is 0 Å². The van der Waals surface area contributed by atoms with Crippen molar-refractivity contribution in [2.45, 2.75) is 311 Å². The van der Waals surface area contributed by atoms with Gasteiger partial charge < -0.3 is 51.6 Å². The number of para-hydroxylation sites is 2. The van der Waals surface area contributed by atoms with E-state index in [4.69, 9.17) is 37.9 Å².